The lowest BCUT2D eigenvalue weighted by atomic mass is 10.1. The molecule has 1 fully saturated rings. The lowest BCUT2D eigenvalue weighted by Crippen LogP contribution is -2.30. The third-order valence-corrected chi connectivity index (χ3v) is 7.22. The molecule has 3 heteroatoms. The highest BCUT2D eigenvalue weighted by molar-refractivity contribution is 4.84. The van der Waals surface area contributed by atoms with Gasteiger partial charge < -0.3 is 14.4 Å². The van der Waals surface area contributed by atoms with E-state index in [-0.39, 0.29) is 12.2 Å². The van der Waals surface area contributed by atoms with Crippen molar-refractivity contribution in [3.63, 3.8) is 0 Å². The predicted molar refractivity (Wildman–Crippen MR) is 150 cm³/mol. The quantitative estimate of drug-likeness (QED) is 0.0962. The Kier molecular flexibility index (Phi) is 22.6. The van der Waals surface area contributed by atoms with Crippen molar-refractivity contribution in [2.75, 3.05) is 33.4 Å². The average Bonchev–Trinajstić information content (AvgIpc) is 3.19. The lowest BCUT2D eigenvalue weighted by Gasteiger charge is -2.20. The molecular formula is C31H61NO2. The molecule has 1 rings (SSSR count). The van der Waals surface area contributed by atoms with Crippen molar-refractivity contribution in [3.8, 4) is 0 Å². The van der Waals surface area contributed by atoms with E-state index in [9.17, 15) is 0 Å². The minimum absolute atomic E-state index is 0.274. The number of unbranched alkanes of at least 4 members (excludes halogenated alkanes) is 17. The fourth-order valence-corrected chi connectivity index (χ4v) is 4.95. The zero-order valence-electron chi connectivity index (χ0n) is 23.5. The van der Waals surface area contributed by atoms with Crippen molar-refractivity contribution in [2.45, 2.75) is 154 Å². The van der Waals surface area contributed by atoms with E-state index in [1.54, 1.807) is 0 Å². The number of nitrogens with zero attached hydrogens (tertiary/aromatic N) is 1. The Morgan fingerprint density at radius 2 is 0.882 bits per heavy atom. The monoisotopic (exact) mass is 479 g/mol. The fraction of sp³-hybridized carbons (Fsp3) is 0.935. The van der Waals surface area contributed by atoms with Gasteiger partial charge in [0, 0.05) is 26.3 Å². The van der Waals surface area contributed by atoms with Gasteiger partial charge in [-0.15, -0.1) is 0 Å². The van der Waals surface area contributed by atoms with E-state index in [0.717, 1.165) is 26.3 Å². The number of hydrogen-bond acceptors (Lipinski definition) is 3. The van der Waals surface area contributed by atoms with E-state index >= 15 is 0 Å². The standard InChI is InChI=1S/C31H61NO2/c1-4-6-8-10-12-13-14-15-16-17-18-19-20-21-23-25-27-34-31-29-32(3)28-30(31)33-26-24-22-11-9-7-5-2/h12-13,30-31H,4-11,14-29H2,1-3H3. The predicted octanol–water partition coefficient (Wildman–Crippen LogP) is 9.10. The van der Waals surface area contributed by atoms with Crippen LogP contribution in [0.4, 0.5) is 0 Å². The summed E-state index contributed by atoms with van der Waals surface area (Å²) < 4.78 is 12.4. The molecule has 0 N–H and O–H groups in total. The van der Waals surface area contributed by atoms with Crippen LogP contribution in [0.5, 0.6) is 0 Å². The summed E-state index contributed by atoms with van der Waals surface area (Å²) in [7, 11) is 2.19. The van der Waals surface area contributed by atoms with Gasteiger partial charge in [0.25, 0.3) is 0 Å². The van der Waals surface area contributed by atoms with Crippen LogP contribution in [-0.2, 0) is 9.47 Å². The summed E-state index contributed by atoms with van der Waals surface area (Å²) in [5.74, 6) is 0. The Morgan fingerprint density at radius 1 is 0.529 bits per heavy atom. The minimum Gasteiger partial charge on any atom is -0.374 e. The van der Waals surface area contributed by atoms with E-state index in [0.29, 0.717) is 0 Å². The van der Waals surface area contributed by atoms with Crippen molar-refractivity contribution in [2.24, 2.45) is 0 Å². The van der Waals surface area contributed by atoms with Crippen molar-refractivity contribution in [3.05, 3.63) is 12.2 Å². The van der Waals surface area contributed by atoms with Gasteiger partial charge in [0.1, 0.15) is 0 Å². The van der Waals surface area contributed by atoms with Gasteiger partial charge >= 0.3 is 0 Å². The Morgan fingerprint density at radius 3 is 1.35 bits per heavy atom. The minimum atomic E-state index is 0.274. The van der Waals surface area contributed by atoms with E-state index in [1.807, 2.05) is 0 Å². The van der Waals surface area contributed by atoms with Crippen LogP contribution >= 0.6 is 0 Å². The van der Waals surface area contributed by atoms with Crippen molar-refractivity contribution in [1.29, 1.82) is 0 Å². The lowest BCUT2D eigenvalue weighted by molar-refractivity contribution is -0.0481. The van der Waals surface area contributed by atoms with Crippen LogP contribution in [0.1, 0.15) is 142 Å². The average molecular weight is 480 g/mol. The summed E-state index contributed by atoms with van der Waals surface area (Å²) in [6.45, 7) is 8.40. The summed E-state index contributed by atoms with van der Waals surface area (Å²) in [6.07, 6.45) is 32.3. The maximum atomic E-state index is 6.24. The van der Waals surface area contributed by atoms with Crippen LogP contribution < -0.4 is 0 Å². The number of likely N-dealkylation sites (tertiary alicyclic amines) is 1. The van der Waals surface area contributed by atoms with Crippen LogP contribution in [0.25, 0.3) is 0 Å². The number of allylic oxidation sites excluding steroid dienone is 2. The van der Waals surface area contributed by atoms with Crippen LogP contribution in [0, 0.1) is 0 Å². The smallest absolute Gasteiger partial charge is 0.0975 e. The molecule has 0 radical (unpaired) electrons. The maximum Gasteiger partial charge on any atom is 0.0975 e. The molecule has 34 heavy (non-hydrogen) atoms. The molecule has 0 amide bonds. The van der Waals surface area contributed by atoms with Gasteiger partial charge in [-0.05, 0) is 45.6 Å². The molecular weight excluding hydrogens is 418 g/mol. The third-order valence-electron chi connectivity index (χ3n) is 7.22. The Balaban J connectivity index is 1.87. The topological polar surface area (TPSA) is 21.7 Å². The summed E-state index contributed by atoms with van der Waals surface area (Å²) in [5.41, 5.74) is 0. The van der Waals surface area contributed by atoms with Crippen LogP contribution in [0.2, 0.25) is 0 Å². The molecule has 1 aliphatic heterocycles. The first kappa shape index (κ1) is 31.6. The Bertz CT molecular complexity index is 439. The molecule has 0 bridgehead atoms. The second-order valence-corrected chi connectivity index (χ2v) is 10.7. The molecule has 2 atom stereocenters. The highest BCUT2D eigenvalue weighted by atomic mass is 16.5. The highest BCUT2D eigenvalue weighted by Gasteiger charge is 2.32. The van der Waals surface area contributed by atoms with Crippen LogP contribution in [0.15, 0.2) is 12.2 Å². The molecule has 0 aliphatic carbocycles. The van der Waals surface area contributed by atoms with E-state index in [4.69, 9.17) is 9.47 Å². The molecule has 3 nitrogen and oxygen atoms in total. The molecule has 1 aliphatic rings. The fourth-order valence-electron chi connectivity index (χ4n) is 4.95. The molecule has 0 saturated carbocycles. The van der Waals surface area contributed by atoms with Gasteiger partial charge in [-0.2, -0.15) is 0 Å². The van der Waals surface area contributed by atoms with E-state index in [1.165, 1.54) is 128 Å². The van der Waals surface area contributed by atoms with Gasteiger partial charge in [0.05, 0.1) is 12.2 Å². The van der Waals surface area contributed by atoms with Crippen molar-refractivity contribution < 1.29 is 9.47 Å². The van der Waals surface area contributed by atoms with Gasteiger partial charge in [0.15, 0.2) is 0 Å². The molecule has 0 spiro atoms. The summed E-state index contributed by atoms with van der Waals surface area (Å²) >= 11 is 0. The van der Waals surface area contributed by atoms with E-state index in [2.05, 4.69) is 37.9 Å². The zero-order valence-corrected chi connectivity index (χ0v) is 23.5. The number of hydrogen-bond donors (Lipinski definition) is 0. The largest absolute Gasteiger partial charge is 0.374 e. The molecule has 1 saturated heterocycles. The first-order chi connectivity index (χ1) is 16.8. The van der Waals surface area contributed by atoms with Gasteiger partial charge in [-0.1, -0.05) is 116 Å². The summed E-state index contributed by atoms with van der Waals surface area (Å²) in [5, 5.41) is 0. The van der Waals surface area contributed by atoms with Gasteiger partial charge in [0.2, 0.25) is 0 Å². The van der Waals surface area contributed by atoms with Crippen LogP contribution in [0.3, 0.4) is 0 Å². The zero-order chi connectivity index (χ0) is 24.5. The van der Waals surface area contributed by atoms with Crippen molar-refractivity contribution >= 4 is 0 Å². The van der Waals surface area contributed by atoms with E-state index < -0.39 is 0 Å². The molecule has 0 aromatic heterocycles. The maximum absolute atomic E-state index is 6.24. The molecule has 0 aromatic rings. The Hall–Kier alpha value is -0.380. The van der Waals surface area contributed by atoms with Gasteiger partial charge in [-0.25, -0.2) is 0 Å². The molecule has 1 heterocycles. The first-order valence-electron chi connectivity index (χ1n) is 15.3. The van der Waals surface area contributed by atoms with Crippen LogP contribution in [-0.4, -0.2) is 50.5 Å². The normalized spacial score (nSPS) is 19.0. The number of rotatable bonds is 25. The van der Waals surface area contributed by atoms with Crippen molar-refractivity contribution in [1.82, 2.24) is 4.90 Å². The second kappa shape index (κ2) is 24.3. The summed E-state index contributed by atoms with van der Waals surface area (Å²) in [6, 6.07) is 0. The highest BCUT2D eigenvalue weighted by Crippen LogP contribution is 2.17. The summed E-state index contributed by atoms with van der Waals surface area (Å²) in [4.78, 5) is 2.36. The molecule has 2 unspecified atom stereocenters. The Labute approximate surface area is 214 Å². The number of ether oxygens (including phenoxy) is 2. The van der Waals surface area contributed by atoms with Gasteiger partial charge in [-0.3, -0.25) is 0 Å². The number of likely N-dealkylation sites (N-methyl/N-ethyl adjacent to an activating group) is 1. The second-order valence-electron chi connectivity index (χ2n) is 10.7. The first-order valence-corrected chi connectivity index (χ1v) is 15.3. The SMILES string of the molecule is CCCCCC=CCCCCCCCCCCCOC1CN(C)CC1OCCCCCCCC. The molecule has 0 aromatic carbocycles. The molecule has 202 valence electrons. The third kappa shape index (κ3) is 18.9.